The van der Waals surface area contributed by atoms with E-state index >= 15 is 0 Å². The van der Waals surface area contributed by atoms with Crippen LogP contribution in [-0.4, -0.2) is 34.0 Å². The van der Waals surface area contributed by atoms with E-state index in [-0.39, 0.29) is 17.8 Å². The highest BCUT2D eigenvalue weighted by Gasteiger charge is 2.40. The average molecular weight is 324 g/mol. The Labute approximate surface area is 143 Å². The largest absolute Gasteiger partial charge is 0.481 e. The molecule has 2 heterocycles. The monoisotopic (exact) mass is 324 g/mol. The van der Waals surface area contributed by atoms with E-state index in [1.54, 1.807) is 0 Å². The van der Waals surface area contributed by atoms with Crippen molar-refractivity contribution in [3.63, 3.8) is 0 Å². The molecule has 4 heteroatoms. The molecule has 1 aliphatic rings. The summed E-state index contributed by atoms with van der Waals surface area (Å²) < 4.78 is 0. The summed E-state index contributed by atoms with van der Waals surface area (Å²) in [4.78, 5) is 17.9. The minimum atomic E-state index is -0.702. The molecule has 1 fully saturated rings. The SMILES string of the molecule is CC1(C)CN(Cc2cccc(-c3ccccn3)c2)CC1CC(=O)O. The molecule has 1 atom stereocenters. The molecule has 0 saturated carbocycles. The van der Waals surface area contributed by atoms with E-state index in [1.807, 2.05) is 24.4 Å². The summed E-state index contributed by atoms with van der Waals surface area (Å²) in [6.07, 6.45) is 2.05. The van der Waals surface area contributed by atoms with Gasteiger partial charge in [0.05, 0.1) is 5.69 Å². The van der Waals surface area contributed by atoms with Crippen molar-refractivity contribution in [2.24, 2.45) is 11.3 Å². The summed E-state index contributed by atoms with van der Waals surface area (Å²) >= 11 is 0. The number of aliphatic carboxylic acids is 1. The van der Waals surface area contributed by atoms with Gasteiger partial charge in [-0.05, 0) is 35.1 Å². The fourth-order valence-electron chi connectivity index (χ4n) is 3.62. The number of carboxylic acid groups (broad SMARTS) is 1. The maximum absolute atomic E-state index is 11.1. The van der Waals surface area contributed by atoms with Crippen LogP contribution in [0.4, 0.5) is 0 Å². The molecule has 1 aliphatic heterocycles. The first-order valence-electron chi connectivity index (χ1n) is 8.38. The Morgan fingerprint density at radius 2 is 2.12 bits per heavy atom. The number of hydrogen-bond donors (Lipinski definition) is 1. The van der Waals surface area contributed by atoms with E-state index in [9.17, 15) is 4.79 Å². The number of carbonyl (C=O) groups is 1. The molecular weight excluding hydrogens is 300 g/mol. The Morgan fingerprint density at radius 1 is 1.29 bits per heavy atom. The number of likely N-dealkylation sites (tertiary alicyclic amines) is 1. The van der Waals surface area contributed by atoms with E-state index in [1.165, 1.54) is 5.56 Å². The van der Waals surface area contributed by atoms with Gasteiger partial charge in [-0.15, -0.1) is 0 Å². The van der Waals surface area contributed by atoms with Crippen molar-refractivity contribution in [2.45, 2.75) is 26.8 Å². The summed E-state index contributed by atoms with van der Waals surface area (Å²) in [5, 5.41) is 9.12. The van der Waals surface area contributed by atoms with Crippen LogP contribution in [0.5, 0.6) is 0 Å². The van der Waals surface area contributed by atoms with Crippen molar-refractivity contribution >= 4 is 5.97 Å². The highest BCUT2D eigenvalue weighted by molar-refractivity contribution is 5.67. The van der Waals surface area contributed by atoms with Crippen LogP contribution in [0, 0.1) is 11.3 Å². The third-order valence-electron chi connectivity index (χ3n) is 4.93. The van der Waals surface area contributed by atoms with E-state index in [4.69, 9.17) is 5.11 Å². The van der Waals surface area contributed by atoms with Crippen molar-refractivity contribution in [1.82, 2.24) is 9.88 Å². The van der Waals surface area contributed by atoms with Gasteiger partial charge in [0, 0.05) is 37.8 Å². The van der Waals surface area contributed by atoms with Gasteiger partial charge in [-0.2, -0.15) is 0 Å². The topological polar surface area (TPSA) is 53.4 Å². The Bertz CT molecular complexity index is 713. The second-order valence-corrected chi connectivity index (χ2v) is 7.37. The summed E-state index contributed by atoms with van der Waals surface area (Å²) in [6, 6.07) is 14.4. The quantitative estimate of drug-likeness (QED) is 0.911. The Morgan fingerprint density at radius 3 is 2.83 bits per heavy atom. The van der Waals surface area contributed by atoms with Gasteiger partial charge in [0.25, 0.3) is 0 Å². The first-order valence-corrected chi connectivity index (χ1v) is 8.38. The Hall–Kier alpha value is -2.20. The maximum atomic E-state index is 11.1. The molecule has 2 aromatic rings. The number of hydrogen-bond acceptors (Lipinski definition) is 3. The molecule has 24 heavy (non-hydrogen) atoms. The summed E-state index contributed by atoms with van der Waals surface area (Å²) in [5.41, 5.74) is 3.38. The van der Waals surface area contributed by atoms with Crippen LogP contribution in [0.1, 0.15) is 25.8 Å². The smallest absolute Gasteiger partial charge is 0.303 e. The molecule has 0 aliphatic carbocycles. The zero-order valence-electron chi connectivity index (χ0n) is 14.3. The van der Waals surface area contributed by atoms with Gasteiger partial charge in [-0.3, -0.25) is 14.7 Å². The lowest BCUT2D eigenvalue weighted by atomic mass is 9.80. The number of nitrogens with zero attached hydrogens (tertiary/aromatic N) is 2. The molecule has 1 saturated heterocycles. The molecule has 1 N–H and O–H groups in total. The second kappa shape index (κ2) is 6.73. The van der Waals surface area contributed by atoms with Crippen molar-refractivity contribution in [1.29, 1.82) is 0 Å². The summed E-state index contributed by atoms with van der Waals surface area (Å²) in [5.74, 6) is -0.499. The molecule has 0 bridgehead atoms. The summed E-state index contributed by atoms with van der Waals surface area (Å²) in [6.45, 7) is 6.96. The summed E-state index contributed by atoms with van der Waals surface area (Å²) in [7, 11) is 0. The van der Waals surface area contributed by atoms with Crippen LogP contribution < -0.4 is 0 Å². The molecule has 1 aromatic heterocycles. The second-order valence-electron chi connectivity index (χ2n) is 7.37. The molecule has 3 rings (SSSR count). The first-order chi connectivity index (χ1) is 11.4. The van der Waals surface area contributed by atoms with E-state index in [2.05, 4.69) is 48.0 Å². The fraction of sp³-hybridized carbons (Fsp3) is 0.400. The van der Waals surface area contributed by atoms with Gasteiger partial charge in [0.15, 0.2) is 0 Å². The van der Waals surface area contributed by atoms with Gasteiger partial charge >= 0.3 is 5.97 Å². The molecule has 0 spiro atoms. The molecule has 0 radical (unpaired) electrons. The van der Waals surface area contributed by atoms with E-state index in [0.29, 0.717) is 0 Å². The van der Waals surface area contributed by atoms with Crippen LogP contribution in [0.3, 0.4) is 0 Å². The third kappa shape index (κ3) is 3.82. The average Bonchev–Trinajstić information content (AvgIpc) is 2.81. The van der Waals surface area contributed by atoms with Crippen molar-refractivity contribution in [2.75, 3.05) is 13.1 Å². The number of pyridine rings is 1. The molecular formula is C20H24N2O2. The van der Waals surface area contributed by atoms with Gasteiger partial charge in [-0.25, -0.2) is 0 Å². The maximum Gasteiger partial charge on any atom is 0.303 e. The van der Waals surface area contributed by atoms with Gasteiger partial charge < -0.3 is 5.11 Å². The van der Waals surface area contributed by atoms with E-state index < -0.39 is 5.97 Å². The van der Waals surface area contributed by atoms with Crippen LogP contribution in [0.15, 0.2) is 48.7 Å². The number of carboxylic acids is 1. The third-order valence-corrected chi connectivity index (χ3v) is 4.93. The lowest BCUT2D eigenvalue weighted by Crippen LogP contribution is -2.24. The number of benzene rings is 1. The normalized spacial score (nSPS) is 20.2. The molecule has 126 valence electrons. The fourth-order valence-corrected chi connectivity index (χ4v) is 3.62. The van der Waals surface area contributed by atoms with Gasteiger partial charge in [0.1, 0.15) is 0 Å². The minimum Gasteiger partial charge on any atom is -0.481 e. The molecule has 1 aromatic carbocycles. The lowest BCUT2D eigenvalue weighted by molar-refractivity contribution is -0.138. The Balaban J connectivity index is 1.72. The minimum absolute atomic E-state index is 0.0387. The van der Waals surface area contributed by atoms with Crippen LogP contribution in [0.2, 0.25) is 0 Å². The van der Waals surface area contributed by atoms with E-state index in [0.717, 1.165) is 30.9 Å². The highest BCUT2D eigenvalue weighted by atomic mass is 16.4. The highest BCUT2D eigenvalue weighted by Crippen LogP contribution is 2.38. The zero-order chi connectivity index (χ0) is 17.2. The lowest BCUT2D eigenvalue weighted by Gasteiger charge is -2.24. The van der Waals surface area contributed by atoms with Crippen molar-refractivity contribution < 1.29 is 9.90 Å². The molecule has 1 unspecified atom stereocenters. The molecule has 0 amide bonds. The molecule has 4 nitrogen and oxygen atoms in total. The van der Waals surface area contributed by atoms with Crippen LogP contribution in [0.25, 0.3) is 11.3 Å². The van der Waals surface area contributed by atoms with Gasteiger partial charge in [-0.1, -0.05) is 38.1 Å². The van der Waals surface area contributed by atoms with Gasteiger partial charge in [0.2, 0.25) is 0 Å². The first kappa shape index (κ1) is 16.7. The van der Waals surface area contributed by atoms with Crippen molar-refractivity contribution in [3.05, 3.63) is 54.2 Å². The van der Waals surface area contributed by atoms with Crippen LogP contribution in [-0.2, 0) is 11.3 Å². The Kier molecular flexibility index (Phi) is 4.67. The predicted molar refractivity (Wildman–Crippen MR) is 94.5 cm³/mol. The number of aromatic nitrogens is 1. The van der Waals surface area contributed by atoms with Crippen LogP contribution >= 0.6 is 0 Å². The standard InChI is InChI=1S/C20H24N2O2/c1-20(2)14-22(13-17(20)11-19(23)24)12-15-6-5-7-16(10-15)18-8-3-4-9-21-18/h3-10,17H,11-14H2,1-2H3,(H,23,24). The number of rotatable bonds is 5. The van der Waals surface area contributed by atoms with Crippen molar-refractivity contribution in [3.8, 4) is 11.3 Å². The predicted octanol–water partition coefficient (Wildman–Crippen LogP) is 3.68. The zero-order valence-corrected chi connectivity index (χ0v) is 14.3.